The minimum absolute atomic E-state index is 0.211. The first-order chi connectivity index (χ1) is 37.9. The van der Waals surface area contributed by atoms with E-state index in [0.717, 1.165) is 99.7 Å². The van der Waals surface area contributed by atoms with E-state index >= 15 is 0 Å². The van der Waals surface area contributed by atoms with E-state index in [1.165, 1.54) is 0 Å². The van der Waals surface area contributed by atoms with Crippen LogP contribution in [-0.4, -0.2) is 30.1 Å². The van der Waals surface area contributed by atoms with Crippen molar-refractivity contribution in [2.24, 2.45) is 0 Å². The first kappa shape index (κ1) is 53.6. The molecule has 8 heteroatoms. The van der Waals surface area contributed by atoms with Crippen LogP contribution in [0, 0.1) is 0 Å². The van der Waals surface area contributed by atoms with Crippen LogP contribution in [0.1, 0.15) is 150 Å². The van der Waals surface area contributed by atoms with Crippen LogP contribution >= 0.6 is 0 Å². The lowest BCUT2D eigenvalue weighted by atomic mass is 9.79. The van der Waals surface area contributed by atoms with Crippen molar-refractivity contribution in [2.45, 2.75) is 130 Å². The summed E-state index contributed by atoms with van der Waals surface area (Å²) in [5, 5.41) is 27.8. The van der Waals surface area contributed by atoms with Gasteiger partial charge in [-0.1, -0.05) is 217 Å². The van der Waals surface area contributed by atoms with E-state index in [2.05, 4.69) is 132 Å². The number of aromatic nitrogens is 4. The standard InChI is InChI=1S/C72H72N4O4/c1-69(2,3)53-35-45-31-49-39-55(71(7,8)9)41-51(63(49)79-67-57-27-19-21-29-59(57)73-65(75-67)43-23-15-13-16-24-43)33-47-37-54(70(4,5)6)38-48(62(47)78)34-52-42-56(72(10,11)12)40-50(32-46(36-53)61(45)77)64(52)80-68-58-28-20-22-30-60(58)74-66(76-68)44-25-17-14-18-26-44/h13-30,35-42,77-78H,31-34H2,1-12H3. The second-order valence-corrected chi connectivity index (χ2v) is 25.9. The van der Waals surface area contributed by atoms with Crippen LogP contribution in [0.3, 0.4) is 0 Å². The maximum Gasteiger partial charge on any atom is 0.230 e. The van der Waals surface area contributed by atoms with Crippen LogP contribution < -0.4 is 9.47 Å². The van der Waals surface area contributed by atoms with Crippen molar-refractivity contribution in [1.82, 2.24) is 19.9 Å². The van der Waals surface area contributed by atoms with Crippen molar-refractivity contribution in [1.29, 1.82) is 0 Å². The van der Waals surface area contributed by atoms with Crippen molar-refractivity contribution in [3.63, 3.8) is 0 Å². The van der Waals surface area contributed by atoms with Gasteiger partial charge in [-0.2, -0.15) is 9.97 Å². The Bertz CT molecular complexity index is 3650. The SMILES string of the molecule is CC(C)(C)c1cc2c(O)c(c1)Cc1cc(C(C)(C)C)cc(c1Oc1nc(-c3ccccc3)nc3ccccc13)Cc1cc(C(C)(C)C)cc(c1O)Cc1cc(C(C)(C)C)cc(c1Oc1nc(-c3ccccc3)nc3ccccc13)C2. The van der Waals surface area contributed by atoms with E-state index in [0.29, 0.717) is 60.6 Å². The summed E-state index contributed by atoms with van der Waals surface area (Å²) in [5.74, 6) is 3.61. The van der Waals surface area contributed by atoms with E-state index < -0.39 is 0 Å². The number of ether oxygens (including phenoxy) is 2. The Kier molecular flexibility index (Phi) is 13.7. The van der Waals surface area contributed by atoms with Crippen molar-refractivity contribution in [3.8, 4) is 57.5 Å². The van der Waals surface area contributed by atoms with Crippen molar-refractivity contribution < 1.29 is 19.7 Å². The van der Waals surface area contributed by atoms with Crippen LogP contribution in [0.25, 0.3) is 44.6 Å². The molecular weight excluding hydrogens is 985 g/mol. The highest BCUT2D eigenvalue weighted by atomic mass is 16.5. The summed E-state index contributed by atoms with van der Waals surface area (Å²) in [6.07, 6.45) is 1.31. The van der Waals surface area contributed by atoms with E-state index in [1.54, 1.807) is 0 Å². The molecule has 0 spiro atoms. The summed E-state index contributed by atoms with van der Waals surface area (Å²) in [6.45, 7) is 26.7. The molecule has 8 aromatic carbocycles. The summed E-state index contributed by atoms with van der Waals surface area (Å²) < 4.78 is 14.8. The Morgan fingerprint density at radius 3 is 0.875 bits per heavy atom. The quantitative estimate of drug-likeness (QED) is 0.169. The van der Waals surface area contributed by atoms with Gasteiger partial charge in [0.25, 0.3) is 0 Å². The lowest BCUT2D eigenvalue weighted by Gasteiger charge is -2.28. The first-order valence-electron chi connectivity index (χ1n) is 28.0. The highest BCUT2D eigenvalue weighted by Crippen LogP contribution is 2.46. The predicted molar refractivity (Wildman–Crippen MR) is 325 cm³/mol. The molecule has 0 amide bonds. The Balaban J connectivity index is 1.20. The molecule has 8 nitrogen and oxygen atoms in total. The fourth-order valence-corrected chi connectivity index (χ4v) is 10.8. The minimum atomic E-state index is -0.292. The van der Waals surface area contributed by atoms with E-state index in [4.69, 9.17) is 29.4 Å². The third-order valence-electron chi connectivity index (χ3n) is 15.6. The molecular formula is C72H72N4O4. The number of para-hydroxylation sites is 2. The van der Waals surface area contributed by atoms with E-state index in [1.807, 2.05) is 109 Å². The zero-order valence-corrected chi connectivity index (χ0v) is 48.3. The fourth-order valence-electron chi connectivity index (χ4n) is 10.8. The topological polar surface area (TPSA) is 110 Å². The third kappa shape index (κ3) is 10.9. The Morgan fingerprint density at radius 1 is 0.325 bits per heavy atom. The number of phenols is 2. The molecule has 0 atom stereocenters. The summed E-state index contributed by atoms with van der Waals surface area (Å²) in [7, 11) is 0. The fraction of sp³-hybridized carbons (Fsp3) is 0.278. The second-order valence-electron chi connectivity index (χ2n) is 25.9. The first-order valence-corrected chi connectivity index (χ1v) is 28.0. The number of hydrogen-bond donors (Lipinski definition) is 2. The van der Waals surface area contributed by atoms with Gasteiger partial charge in [0.1, 0.15) is 23.0 Å². The van der Waals surface area contributed by atoms with E-state index in [9.17, 15) is 10.2 Å². The van der Waals surface area contributed by atoms with Crippen LogP contribution in [0.4, 0.5) is 0 Å². The number of benzene rings is 8. The molecule has 10 aromatic rings. The van der Waals surface area contributed by atoms with Gasteiger partial charge < -0.3 is 19.7 Å². The second kappa shape index (κ2) is 20.4. The lowest BCUT2D eigenvalue weighted by molar-refractivity contribution is 0.447. The number of aromatic hydroxyl groups is 2. The zero-order chi connectivity index (χ0) is 56.5. The molecule has 8 bridgehead atoms. The number of rotatable bonds is 6. The molecule has 1 aliphatic rings. The molecule has 0 saturated heterocycles. The van der Waals surface area contributed by atoms with Gasteiger partial charge in [0.15, 0.2) is 11.6 Å². The molecule has 2 heterocycles. The molecule has 0 aliphatic heterocycles. The molecule has 404 valence electrons. The molecule has 0 radical (unpaired) electrons. The van der Waals surface area contributed by atoms with Crippen molar-refractivity contribution in [2.75, 3.05) is 0 Å². The number of fused-ring (bicyclic) bond motifs is 10. The number of phenolic OH excluding ortho intramolecular Hbond substituents is 2. The Hall–Kier alpha value is -8.36. The molecule has 2 N–H and O–H groups in total. The largest absolute Gasteiger partial charge is 0.507 e. The van der Waals surface area contributed by atoms with Crippen LogP contribution in [-0.2, 0) is 47.3 Å². The van der Waals surface area contributed by atoms with Crippen LogP contribution in [0.15, 0.2) is 158 Å². The molecule has 2 aromatic heterocycles. The van der Waals surface area contributed by atoms with Gasteiger partial charge >= 0.3 is 0 Å². The average molecular weight is 1060 g/mol. The smallest absolute Gasteiger partial charge is 0.230 e. The monoisotopic (exact) mass is 1060 g/mol. The van der Waals surface area contributed by atoms with Crippen molar-refractivity contribution >= 4 is 21.8 Å². The molecule has 0 fully saturated rings. The summed E-state index contributed by atoms with van der Waals surface area (Å²) in [4.78, 5) is 20.5. The van der Waals surface area contributed by atoms with Gasteiger partial charge in [0.2, 0.25) is 11.8 Å². The van der Waals surface area contributed by atoms with Gasteiger partial charge in [-0.15, -0.1) is 0 Å². The maximum absolute atomic E-state index is 13.1. The van der Waals surface area contributed by atoms with E-state index in [-0.39, 0.29) is 33.2 Å². The summed E-state index contributed by atoms with van der Waals surface area (Å²) >= 11 is 0. The predicted octanol–water partition coefficient (Wildman–Crippen LogP) is 17.8. The van der Waals surface area contributed by atoms with Crippen molar-refractivity contribution in [3.05, 3.63) is 224 Å². The molecule has 1 aliphatic carbocycles. The van der Waals surface area contributed by atoms with Gasteiger partial charge in [0, 0.05) is 36.8 Å². The lowest BCUT2D eigenvalue weighted by Crippen LogP contribution is -2.16. The summed E-state index contributed by atoms with van der Waals surface area (Å²) in [6, 6.07) is 53.5. The highest BCUT2D eigenvalue weighted by molar-refractivity contribution is 5.87. The molecule has 0 unspecified atom stereocenters. The highest BCUT2D eigenvalue weighted by Gasteiger charge is 2.30. The van der Waals surface area contributed by atoms with Crippen LogP contribution in [0.5, 0.6) is 34.8 Å². The van der Waals surface area contributed by atoms with Gasteiger partial charge in [-0.3, -0.25) is 0 Å². The molecule has 11 rings (SSSR count). The zero-order valence-electron chi connectivity index (χ0n) is 48.3. The minimum Gasteiger partial charge on any atom is -0.507 e. The number of nitrogens with zero attached hydrogens (tertiary/aromatic N) is 4. The summed E-state index contributed by atoms with van der Waals surface area (Å²) in [5.41, 5.74) is 13.1. The van der Waals surface area contributed by atoms with Gasteiger partial charge in [-0.05, 0) is 113 Å². The maximum atomic E-state index is 13.1. The molecule has 0 saturated carbocycles. The average Bonchev–Trinajstić information content (AvgIpc) is 3.53. The molecule has 80 heavy (non-hydrogen) atoms. The normalized spacial score (nSPS) is 13.2. The van der Waals surface area contributed by atoms with Crippen LogP contribution in [0.2, 0.25) is 0 Å². The van der Waals surface area contributed by atoms with Gasteiger partial charge in [-0.25, -0.2) is 9.97 Å². The van der Waals surface area contributed by atoms with Gasteiger partial charge in [0.05, 0.1) is 21.8 Å². The Labute approximate surface area is 471 Å². The Morgan fingerprint density at radius 2 is 0.588 bits per heavy atom. The number of hydrogen-bond acceptors (Lipinski definition) is 8. The third-order valence-corrected chi connectivity index (χ3v) is 15.6.